The topological polar surface area (TPSA) is 97.8 Å². The molecule has 8 nitrogen and oxygen atoms in total. The van der Waals surface area contributed by atoms with Gasteiger partial charge in [-0.25, -0.2) is 14.1 Å². The second-order valence-corrected chi connectivity index (χ2v) is 9.12. The number of halogens is 2. The lowest BCUT2D eigenvalue weighted by Crippen LogP contribution is -2.47. The summed E-state index contributed by atoms with van der Waals surface area (Å²) in [7, 11) is 0. The first-order valence-electron chi connectivity index (χ1n) is 11.7. The van der Waals surface area contributed by atoms with Crippen molar-refractivity contribution < 1.29 is 13.9 Å². The smallest absolute Gasteiger partial charge is 0.246 e. The van der Waals surface area contributed by atoms with Crippen molar-refractivity contribution in [2.45, 2.75) is 25.5 Å². The summed E-state index contributed by atoms with van der Waals surface area (Å²) >= 11 is 6.55. The van der Waals surface area contributed by atoms with Crippen LogP contribution < -0.4 is 26.5 Å². The van der Waals surface area contributed by atoms with E-state index in [1.807, 2.05) is 10.7 Å². The summed E-state index contributed by atoms with van der Waals surface area (Å²) in [5.74, 6) is 0.485. The van der Waals surface area contributed by atoms with Crippen LogP contribution in [0.15, 0.2) is 60.1 Å². The standard InChI is InChI=1S/C26H26ClFN6O2/c1-2-22(35)33-11-5-7-18(13-33)34-26-23(25(29)30-15-31-26)24(32-34)16-9-10-21(19(27)12-16)36-14-17-6-3-4-8-20(17)28/h2-4,6,8-10,12,18,30H,1,5,7,11,13-15,29H2/t18-/m1/s1. The molecule has 1 saturated heterocycles. The molecule has 0 aliphatic carbocycles. The lowest BCUT2D eigenvalue weighted by Gasteiger charge is -2.32. The number of benzene rings is 2. The Morgan fingerprint density at radius 2 is 2.17 bits per heavy atom. The number of nitrogens with one attached hydrogen (secondary N) is 1. The Labute approximate surface area is 212 Å². The highest BCUT2D eigenvalue weighted by Crippen LogP contribution is 2.30. The van der Waals surface area contributed by atoms with Crippen molar-refractivity contribution in [3.63, 3.8) is 0 Å². The van der Waals surface area contributed by atoms with Crippen molar-refractivity contribution in [2.24, 2.45) is 10.7 Å². The number of carbonyl (C=O) groups excluding carboxylic acids is 1. The number of likely N-dealkylation sites (tertiary alicyclic amines) is 1. The minimum atomic E-state index is -0.333. The molecule has 1 fully saturated rings. The molecule has 10 heteroatoms. The van der Waals surface area contributed by atoms with Crippen LogP contribution in [-0.2, 0) is 11.4 Å². The average molecular weight is 509 g/mol. The third kappa shape index (κ3) is 4.54. The van der Waals surface area contributed by atoms with Crippen LogP contribution in [0.25, 0.3) is 17.1 Å². The van der Waals surface area contributed by atoms with Gasteiger partial charge in [0.15, 0.2) is 5.49 Å². The zero-order chi connectivity index (χ0) is 25.2. The van der Waals surface area contributed by atoms with Crippen molar-refractivity contribution in [3.05, 3.63) is 82.2 Å². The van der Waals surface area contributed by atoms with Gasteiger partial charge in [0.1, 0.15) is 36.4 Å². The minimum absolute atomic E-state index is 0.0429. The van der Waals surface area contributed by atoms with Crippen LogP contribution in [-0.4, -0.2) is 40.3 Å². The third-order valence-corrected chi connectivity index (χ3v) is 6.72. The van der Waals surface area contributed by atoms with E-state index in [2.05, 4.69) is 16.9 Å². The van der Waals surface area contributed by atoms with Gasteiger partial charge in [-0.1, -0.05) is 36.4 Å². The van der Waals surface area contributed by atoms with E-state index in [-0.39, 0.29) is 24.4 Å². The molecule has 3 heterocycles. The maximum Gasteiger partial charge on any atom is 0.246 e. The Morgan fingerprint density at radius 1 is 1.33 bits per heavy atom. The number of fused-ring (bicyclic) bond motifs is 1. The summed E-state index contributed by atoms with van der Waals surface area (Å²) in [5.41, 5.74) is 8.83. The second-order valence-electron chi connectivity index (χ2n) is 8.71. The molecule has 2 aliphatic rings. The van der Waals surface area contributed by atoms with Gasteiger partial charge in [-0.3, -0.25) is 4.79 Å². The molecule has 3 N–H and O–H groups in total. The number of rotatable bonds is 6. The van der Waals surface area contributed by atoms with Gasteiger partial charge in [-0.15, -0.1) is 0 Å². The highest BCUT2D eigenvalue weighted by Gasteiger charge is 2.27. The molecule has 0 bridgehead atoms. The highest BCUT2D eigenvalue weighted by molar-refractivity contribution is 6.32. The largest absolute Gasteiger partial charge is 0.487 e. The molecule has 1 amide bonds. The molecule has 186 valence electrons. The predicted octanol–water partition coefficient (Wildman–Crippen LogP) is 2.48. The molecule has 1 aromatic heterocycles. The Bertz CT molecular complexity index is 1450. The van der Waals surface area contributed by atoms with Gasteiger partial charge in [-0.05, 0) is 43.2 Å². The maximum atomic E-state index is 13.9. The number of piperidine rings is 1. The van der Waals surface area contributed by atoms with E-state index in [1.54, 1.807) is 35.2 Å². The van der Waals surface area contributed by atoms with Crippen molar-refractivity contribution in [1.29, 1.82) is 0 Å². The highest BCUT2D eigenvalue weighted by atomic mass is 35.5. The van der Waals surface area contributed by atoms with Crippen molar-refractivity contribution in [3.8, 4) is 17.0 Å². The molecule has 0 unspecified atom stereocenters. The SMILES string of the molecule is C=CC(=O)N1CCC[C@@H](n2nc(-c3ccc(OCc4ccccc4F)c(Cl)c3)c3c2=NCNC=3N)C1. The zero-order valence-electron chi connectivity index (χ0n) is 19.6. The number of nitrogens with zero attached hydrogens (tertiary/aromatic N) is 4. The van der Waals surface area contributed by atoms with E-state index < -0.39 is 0 Å². The van der Waals surface area contributed by atoms with Crippen LogP contribution in [0.4, 0.5) is 4.39 Å². The third-order valence-electron chi connectivity index (χ3n) is 6.43. The van der Waals surface area contributed by atoms with E-state index >= 15 is 0 Å². The normalized spacial score (nSPS) is 17.1. The van der Waals surface area contributed by atoms with Crippen LogP contribution >= 0.6 is 11.6 Å². The summed E-state index contributed by atoms with van der Waals surface area (Å²) in [6, 6.07) is 11.7. The Hall–Kier alpha value is -3.85. The molecule has 36 heavy (non-hydrogen) atoms. The summed E-state index contributed by atoms with van der Waals surface area (Å²) in [4.78, 5) is 18.6. The maximum absolute atomic E-state index is 13.9. The number of carbonyl (C=O) groups is 1. The van der Waals surface area contributed by atoms with Crippen LogP contribution in [0.5, 0.6) is 5.75 Å². The first-order chi connectivity index (χ1) is 17.5. The average Bonchev–Trinajstić information content (AvgIpc) is 3.29. The van der Waals surface area contributed by atoms with Gasteiger partial charge in [0.25, 0.3) is 0 Å². The van der Waals surface area contributed by atoms with Crippen LogP contribution in [0, 0.1) is 5.82 Å². The van der Waals surface area contributed by atoms with E-state index in [1.165, 1.54) is 12.1 Å². The van der Waals surface area contributed by atoms with E-state index in [0.717, 1.165) is 18.4 Å². The summed E-state index contributed by atoms with van der Waals surface area (Å²) in [5, 5.41) is 9.04. The Kier molecular flexibility index (Phi) is 6.65. The lowest BCUT2D eigenvalue weighted by atomic mass is 10.1. The minimum Gasteiger partial charge on any atom is -0.487 e. The molecule has 0 spiro atoms. The van der Waals surface area contributed by atoms with E-state index in [4.69, 9.17) is 27.2 Å². The fraction of sp³-hybridized carbons (Fsp3) is 0.269. The zero-order valence-corrected chi connectivity index (χ0v) is 20.3. The summed E-state index contributed by atoms with van der Waals surface area (Å²) in [6.45, 7) is 5.21. The van der Waals surface area contributed by atoms with Gasteiger partial charge in [0.2, 0.25) is 5.91 Å². The van der Waals surface area contributed by atoms with Crippen LogP contribution in [0.1, 0.15) is 24.4 Å². The quantitative estimate of drug-likeness (QED) is 0.499. The van der Waals surface area contributed by atoms with Gasteiger partial charge < -0.3 is 20.7 Å². The van der Waals surface area contributed by atoms with Gasteiger partial charge >= 0.3 is 0 Å². The number of nitrogens with two attached hydrogens (primary N) is 1. The van der Waals surface area contributed by atoms with Crippen molar-refractivity contribution >= 4 is 23.3 Å². The molecule has 2 aromatic carbocycles. The fourth-order valence-corrected chi connectivity index (χ4v) is 4.82. The van der Waals surface area contributed by atoms with Crippen LogP contribution in [0.2, 0.25) is 5.02 Å². The van der Waals surface area contributed by atoms with Crippen molar-refractivity contribution in [2.75, 3.05) is 19.8 Å². The number of amides is 1. The molecule has 0 saturated carbocycles. The first kappa shape index (κ1) is 23.9. The van der Waals surface area contributed by atoms with Gasteiger partial charge in [0.05, 0.1) is 16.3 Å². The number of hydrogen-bond donors (Lipinski definition) is 2. The fourth-order valence-electron chi connectivity index (χ4n) is 4.59. The van der Waals surface area contributed by atoms with Gasteiger partial charge in [-0.2, -0.15) is 5.10 Å². The van der Waals surface area contributed by atoms with E-state index in [9.17, 15) is 9.18 Å². The molecular formula is C26H26ClFN6O2. The molecule has 2 aliphatic heterocycles. The van der Waals surface area contributed by atoms with Gasteiger partial charge in [0, 0.05) is 24.2 Å². The Balaban J connectivity index is 1.48. The number of hydrogen-bond acceptors (Lipinski definition) is 6. The molecule has 3 aromatic rings. The monoisotopic (exact) mass is 508 g/mol. The number of ether oxygens (including phenoxy) is 1. The first-order valence-corrected chi connectivity index (χ1v) is 12.1. The Morgan fingerprint density at radius 3 is 2.94 bits per heavy atom. The molecule has 5 rings (SSSR count). The molecule has 0 radical (unpaired) electrons. The predicted molar refractivity (Wildman–Crippen MR) is 135 cm³/mol. The second kappa shape index (κ2) is 10.0. The van der Waals surface area contributed by atoms with Crippen molar-refractivity contribution in [1.82, 2.24) is 20.0 Å². The van der Waals surface area contributed by atoms with Crippen LogP contribution in [0.3, 0.4) is 0 Å². The lowest BCUT2D eigenvalue weighted by molar-refractivity contribution is -0.127. The van der Waals surface area contributed by atoms with E-state index in [0.29, 0.717) is 58.3 Å². The molecule has 1 atom stereocenters. The number of aromatic nitrogens is 2. The summed E-state index contributed by atoms with van der Waals surface area (Å²) in [6.07, 6.45) is 3.05. The molecular weight excluding hydrogens is 483 g/mol. The summed E-state index contributed by atoms with van der Waals surface area (Å²) < 4.78 is 21.6.